The van der Waals surface area contributed by atoms with Gasteiger partial charge in [-0.05, 0) is 31.4 Å². The molecule has 1 heterocycles. The molecule has 1 aromatic rings. The highest BCUT2D eigenvalue weighted by atomic mass is 35.5. The summed E-state index contributed by atoms with van der Waals surface area (Å²) in [5.41, 5.74) is 5.98. The van der Waals surface area contributed by atoms with Crippen molar-refractivity contribution in [2.45, 2.75) is 36.6 Å². The molecule has 2 unspecified atom stereocenters. The molecule has 2 fully saturated rings. The van der Waals surface area contributed by atoms with Crippen molar-refractivity contribution in [2.75, 3.05) is 26.2 Å². The van der Waals surface area contributed by atoms with Crippen LogP contribution >= 0.6 is 11.6 Å². The van der Waals surface area contributed by atoms with Crippen LogP contribution in [-0.4, -0.2) is 55.8 Å². The molecule has 2 N–H and O–H groups in total. The van der Waals surface area contributed by atoms with Gasteiger partial charge in [-0.1, -0.05) is 30.2 Å². The summed E-state index contributed by atoms with van der Waals surface area (Å²) < 4.78 is 26.9. The summed E-state index contributed by atoms with van der Waals surface area (Å²) in [5.74, 6) is 0.0976. The maximum Gasteiger partial charge on any atom is 0.244 e. The van der Waals surface area contributed by atoms with E-state index in [-0.39, 0.29) is 40.9 Å². The number of carbonyl (C=O) groups excluding carboxylic acids is 1. The Labute approximate surface area is 154 Å². The van der Waals surface area contributed by atoms with Gasteiger partial charge in [0, 0.05) is 38.1 Å². The van der Waals surface area contributed by atoms with Crippen LogP contribution in [0.2, 0.25) is 5.02 Å². The lowest BCUT2D eigenvalue weighted by molar-refractivity contribution is -0.137. The van der Waals surface area contributed by atoms with Crippen LogP contribution in [0, 0.1) is 5.92 Å². The van der Waals surface area contributed by atoms with Crippen LogP contribution in [-0.2, 0) is 14.8 Å². The minimum Gasteiger partial charge on any atom is -0.340 e. The van der Waals surface area contributed by atoms with Gasteiger partial charge in [-0.25, -0.2) is 8.42 Å². The van der Waals surface area contributed by atoms with E-state index in [4.69, 9.17) is 17.3 Å². The molecule has 0 spiro atoms. The Morgan fingerprint density at radius 2 is 1.80 bits per heavy atom. The molecule has 0 aromatic heterocycles. The van der Waals surface area contributed by atoms with Crippen molar-refractivity contribution >= 4 is 27.5 Å². The Balaban J connectivity index is 1.64. The van der Waals surface area contributed by atoms with Crippen molar-refractivity contribution in [1.29, 1.82) is 0 Å². The Bertz CT molecular complexity index is 732. The summed E-state index contributed by atoms with van der Waals surface area (Å²) >= 11 is 6.04. The van der Waals surface area contributed by atoms with Crippen molar-refractivity contribution in [3.63, 3.8) is 0 Å². The van der Waals surface area contributed by atoms with E-state index in [0.29, 0.717) is 13.1 Å². The van der Waals surface area contributed by atoms with Gasteiger partial charge in [0.25, 0.3) is 0 Å². The van der Waals surface area contributed by atoms with Crippen LogP contribution in [0.5, 0.6) is 0 Å². The SMILES string of the molecule is NC1CCCC(C(=O)N2CCN(S(=O)(=O)c3ccccc3Cl)CC2)C1. The molecule has 0 bridgehead atoms. The fourth-order valence-corrected chi connectivity index (χ4v) is 5.57. The van der Waals surface area contributed by atoms with Gasteiger partial charge in [0.1, 0.15) is 4.90 Å². The fourth-order valence-electron chi connectivity index (χ4n) is 3.65. The van der Waals surface area contributed by atoms with E-state index in [0.717, 1.165) is 25.7 Å². The molecule has 1 aromatic carbocycles. The first-order valence-corrected chi connectivity index (χ1v) is 10.5. The van der Waals surface area contributed by atoms with Gasteiger partial charge < -0.3 is 10.6 Å². The van der Waals surface area contributed by atoms with E-state index < -0.39 is 10.0 Å². The van der Waals surface area contributed by atoms with Crippen LogP contribution in [0.4, 0.5) is 0 Å². The van der Waals surface area contributed by atoms with E-state index in [1.54, 1.807) is 23.1 Å². The largest absolute Gasteiger partial charge is 0.340 e. The maximum absolute atomic E-state index is 12.8. The molecular formula is C17H24ClN3O3S. The third kappa shape index (κ3) is 4.00. The molecule has 3 rings (SSSR count). The Kier molecular flexibility index (Phi) is 5.68. The van der Waals surface area contributed by atoms with Crippen LogP contribution < -0.4 is 5.73 Å². The molecule has 1 aliphatic carbocycles. The topological polar surface area (TPSA) is 83.7 Å². The molecule has 1 saturated heterocycles. The summed E-state index contributed by atoms with van der Waals surface area (Å²) in [6.45, 7) is 1.40. The Morgan fingerprint density at radius 1 is 1.12 bits per heavy atom. The first kappa shape index (κ1) is 18.6. The van der Waals surface area contributed by atoms with Gasteiger partial charge in [-0.3, -0.25) is 4.79 Å². The van der Waals surface area contributed by atoms with Crippen molar-refractivity contribution in [1.82, 2.24) is 9.21 Å². The van der Waals surface area contributed by atoms with E-state index in [1.165, 1.54) is 10.4 Å². The molecule has 1 saturated carbocycles. The molecule has 0 radical (unpaired) electrons. The van der Waals surface area contributed by atoms with Gasteiger partial charge in [-0.2, -0.15) is 4.31 Å². The van der Waals surface area contributed by atoms with E-state index in [2.05, 4.69) is 0 Å². The number of rotatable bonds is 3. The fraction of sp³-hybridized carbons (Fsp3) is 0.588. The summed E-state index contributed by atoms with van der Waals surface area (Å²) in [6.07, 6.45) is 3.58. The first-order valence-electron chi connectivity index (χ1n) is 8.68. The summed E-state index contributed by atoms with van der Waals surface area (Å²) in [6, 6.07) is 6.54. The number of hydrogen-bond acceptors (Lipinski definition) is 4. The third-order valence-corrected chi connectivity index (χ3v) is 7.47. The van der Waals surface area contributed by atoms with Gasteiger partial charge in [0.2, 0.25) is 15.9 Å². The van der Waals surface area contributed by atoms with Crippen molar-refractivity contribution in [3.8, 4) is 0 Å². The van der Waals surface area contributed by atoms with E-state index in [9.17, 15) is 13.2 Å². The third-order valence-electron chi connectivity index (χ3n) is 5.07. The van der Waals surface area contributed by atoms with Gasteiger partial charge in [-0.15, -0.1) is 0 Å². The summed E-state index contributed by atoms with van der Waals surface area (Å²) in [5, 5.41) is 0.220. The molecule has 2 aliphatic rings. The number of nitrogens with two attached hydrogens (primary N) is 1. The summed E-state index contributed by atoms with van der Waals surface area (Å²) in [4.78, 5) is 14.6. The minimum atomic E-state index is -3.63. The molecule has 138 valence electrons. The molecule has 1 aliphatic heterocycles. The number of sulfonamides is 1. The highest BCUT2D eigenvalue weighted by molar-refractivity contribution is 7.89. The molecular weight excluding hydrogens is 362 g/mol. The van der Waals surface area contributed by atoms with Gasteiger partial charge in [0.15, 0.2) is 0 Å². The zero-order valence-electron chi connectivity index (χ0n) is 14.1. The van der Waals surface area contributed by atoms with Crippen molar-refractivity contribution in [3.05, 3.63) is 29.3 Å². The number of nitrogens with zero attached hydrogens (tertiary/aromatic N) is 2. The normalized spacial score (nSPS) is 25.8. The van der Waals surface area contributed by atoms with E-state index >= 15 is 0 Å². The van der Waals surface area contributed by atoms with Gasteiger partial charge in [0.05, 0.1) is 5.02 Å². The van der Waals surface area contributed by atoms with Crippen molar-refractivity contribution < 1.29 is 13.2 Å². The average molecular weight is 386 g/mol. The predicted octanol–water partition coefficient (Wildman–Crippen LogP) is 1.69. The number of halogens is 1. The number of hydrogen-bond donors (Lipinski definition) is 1. The minimum absolute atomic E-state index is 0.0181. The van der Waals surface area contributed by atoms with E-state index in [1.807, 2.05) is 0 Å². The zero-order valence-corrected chi connectivity index (χ0v) is 15.7. The Morgan fingerprint density at radius 3 is 2.44 bits per heavy atom. The van der Waals surface area contributed by atoms with Crippen LogP contribution in [0.3, 0.4) is 0 Å². The lowest BCUT2D eigenvalue weighted by Crippen LogP contribution is -2.52. The lowest BCUT2D eigenvalue weighted by Gasteiger charge is -2.37. The standard InChI is InChI=1S/C17H24ClN3O3S/c18-15-6-1-2-7-16(15)25(23,24)21-10-8-20(9-11-21)17(22)13-4-3-5-14(19)12-13/h1-2,6-7,13-14H,3-5,8-12,19H2. The highest BCUT2D eigenvalue weighted by Gasteiger charge is 2.34. The second kappa shape index (κ2) is 7.61. The maximum atomic E-state index is 12.8. The Hall–Kier alpha value is -1.15. The first-order chi connectivity index (χ1) is 11.9. The summed E-state index contributed by atoms with van der Waals surface area (Å²) in [7, 11) is -3.63. The quantitative estimate of drug-likeness (QED) is 0.858. The van der Waals surface area contributed by atoms with Crippen LogP contribution in [0.25, 0.3) is 0 Å². The monoisotopic (exact) mass is 385 g/mol. The molecule has 25 heavy (non-hydrogen) atoms. The second-order valence-electron chi connectivity index (χ2n) is 6.78. The second-order valence-corrected chi connectivity index (χ2v) is 9.10. The number of carbonyl (C=O) groups is 1. The number of amides is 1. The smallest absolute Gasteiger partial charge is 0.244 e. The molecule has 6 nitrogen and oxygen atoms in total. The number of piperazine rings is 1. The number of benzene rings is 1. The van der Waals surface area contributed by atoms with Crippen LogP contribution in [0.15, 0.2) is 29.2 Å². The molecule has 8 heteroatoms. The van der Waals surface area contributed by atoms with Crippen LogP contribution in [0.1, 0.15) is 25.7 Å². The lowest BCUT2D eigenvalue weighted by atomic mass is 9.85. The zero-order chi connectivity index (χ0) is 18.0. The van der Waals surface area contributed by atoms with Gasteiger partial charge >= 0.3 is 0 Å². The van der Waals surface area contributed by atoms with Crippen molar-refractivity contribution in [2.24, 2.45) is 11.7 Å². The predicted molar refractivity (Wildman–Crippen MR) is 96.7 cm³/mol. The highest BCUT2D eigenvalue weighted by Crippen LogP contribution is 2.27. The molecule has 1 amide bonds. The average Bonchev–Trinajstić information content (AvgIpc) is 2.61. The molecule has 2 atom stereocenters.